The van der Waals surface area contributed by atoms with E-state index >= 15 is 0 Å². The second-order valence-corrected chi connectivity index (χ2v) is 12.0. The van der Waals surface area contributed by atoms with E-state index in [1.165, 1.54) is 91.4 Å². The van der Waals surface area contributed by atoms with Gasteiger partial charge in [0.25, 0.3) is 0 Å². The summed E-state index contributed by atoms with van der Waals surface area (Å²) in [7, 11) is 0. The smallest absolute Gasteiger partial charge is 0.0790 e. The fourth-order valence-electron chi connectivity index (χ4n) is 7.67. The Labute approximate surface area is 230 Å². The summed E-state index contributed by atoms with van der Waals surface area (Å²) in [5.74, 6) is 0. The van der Waals surface area contributed by atoms with Crippen LogP contribution < -0.4 is 0 Å². The summed E-state index contributed by atoms with van der Waals surface area (Å²) in [5.41, 5.74) is 11.5. The summed E-state index contributed by atoms with van der Waals surface area (Å²) in [6.45, 7) is 0. The largest absolute Gasteiger partial charge is 0.305 e. The molecule has 184 valence electrons. The predicted molar refractivity (Wildman–Crippen MR) is 171 cm³/mol. The summed E-state index contributed by atoms with van der Waals surface area (Å²) in [4.78, 5) is 0. The van der Waals surface area contributed by atoms with Gasteiger partial charge in [-0.15, -0.1) is 11.3 Å². The second kappa shape index (κ2) is 6.56. The normalized spacial score (nSPS) is 13.0. The Morgan fingerprint density at radius 3 is 1.57 bits per heavy atom. The van der Waals surface area contributed by atoms with Crippen molar-refractivity contribution in [3.8, 4) is 0 Å². The molecule has 0 N–H and O–H groups in total. The van der Waals surface area contributed by atoms with Crippen molar-refractivity contribution in [3.63, 3.8) is 0 Å². The van der Waals surface area contributed by atoms with Crippen LogP contribution in [0.25, 0.3) is 91.4 Å². The third kappa shape index (κ3) is 2.05. The summed E-state index contributed by atoms with van der Waals surface area (Å²) < 4.78 is 10.2. The zero-order valence-electron chi connectivity index (χ0n) is 21.2. The lowest BCUT2D eigenvalue weighted by atomic mass is 10.1. The second-order valence-electron chi connectivity index (χ2n) is 10.9. The van der Waals surface area contributed by atoms with Gasteiger partial charge in [0.05, 0.1) is 59.1 Å². The minimum atomic E-state index is 1.25. The van der Waals surface area contributed by atoms with E-state index in [1.54, 1.807) is 0 Å². The fourth-order valence-corrected chi connectivity index (χ4v) is 8.76. The van der Waals surface area contributed by atoms with E-state index in [0.717, 1.165) is 0 Å². The highest BCUT2D eigenvalue weighted by Crippen LogP contribution is 2.45. The number of nitrogens with zero attached hydrogens (tertiary/aromatic N) is 3. The minimum absolute atomic E-state index is 1.25. The van der Waals surface area contributed by atoms with E-state index in [9.17, 15) is 0 Å². The monoisotopic (exact) mass is 525 g/mol. The van der Waals surface area contributed by atoms with Crippen LogP contribution in [0.5, 0.6) is 0 Å². The van der Waals surface area contributed by atoms with Crippen LogP contribution in [0.4, 0.5) is 0 Å². The van der Waals surface area contributed by atoms with Crippen LogP contribution >= 0.6 is 11.3 Å². The van der Waals surface area contributed by atoms with Crippen molar-refractivity contribution < 1.29 is 0 Å². The summed E-state index contributed by atoms with van der Waals surface area (Å²) in [6.07, 6.45) is 0. The molecule has 0 aliphatic carbocycles. The average Bonchev–Trinajstić information content (AvgIpc) is 3.65. The van der Waals surface area contributed by atoms with Gasteiger partial charge in [0, 0.05) is 32.3 Å². The highest BCUT2D eigenvalue weighted by Gasteiger charge is 2.24. The van der Waals surface area contributed by atoms with Crippen molar-refractivity contribution in [1.29, 1.82) is 0 Å². The lowest BCUT2D eigenvalue weighted by Gasteiger charge is -2.12. The third-order valence-corrected chi connectivity index (χ3v) is 10.2. The van der Waals surface area contributed by atoms with Crippen molar-refractivity contribution in [1.82, 2.24) is 13.2 Å². The molecule has 0 saturated carbocycles. The highest BCUT2D eigenvalue weighted by atomic mass is 32.1. The molecular formula is C36H19N3S. The maximum Gasteiger partial charge on any atom is 0.0790 e. The Hall–Kier alpha value is -5.06. The molecule has 0 aliphatic heterocycles. The van der Waals surface area contributed by atoms with Crippen molar-refractivity contribution >= 4 is 103 Å². The SMILES string of the molecule is c1ccc2c(c1)sc1cccc3c4ccc5c6cccc7c6n(c6cccc8c9ccccc9n7c86)c5c4n2c13. The Balaban J connectivity index is 1.56. The van der Waals surface area contributed by atoms with Gasteiger partial charge in [-0.2, -0.15) is 0 Å². The first-order valence-electron chi connectivity index (χ1n) is 13.7. The Bertz CT molecular complexity index is 2870. The molecule has 0 amide bonds. The first-order valence-corrected chi connectivity index (χ1v) is 14.5. The van der Waals surface area contributed by atoms with Crippen molar-refractivity contribution in [3.05, 3.63) is 115 Å². The van der Waals surface area contributed by atoms with Crippen molar-refractivity contribution in [2.45, 2.75) is 0 Å². The van der Waals surface area contributed by atoms with Gasteiger partial charge in [0.15, 0.2) is 0 Å². The van der Waals surface area contributed by atoms with Gasteiger partial charge in [-0.1, -0.05) is 78.9 Å². The third-order valence-electron chi connectivity index (χ3n) is 9.12. The van der Waals surface area contributed by atoms with Crippen molar-refractivity contribution in [2.75, 3.05) is 0 Å². The van der Waals surface area contributed by atoms with E-state index in [4.69, 9.17) is 0 Å². The van der Waals surface area contributed by atoms with E-state index in [0.29, 0.717) is 0 Å². The highest BCUT2D eigenvalue weighted by molar-refractivity contribution is 7.24. The van der Waals surface area contributed by atoms with Gasteiger partial charge in [0.2, 0.25) is 0 Å². The van der Waals surface area contributed by atoms with Crippen LogP contribution in [0.2, 0.25) is 0 Å². The van der Waals surface area contributed by atoms with Crippen LogP contribution in [0, 0.1) is 0 Å². The number of rotatable bonds is 0. The van der Waals surface area contributed by atoms with Crippen LogP contribution in [-0.2, 0) is 0 Å². The Morgan fingerprint density at radius 1 is 0.300 bits per heavy atom. The van der Waals surface area contributed by atoms with E-state index < -0.39 is 0 Å². The van der Waals surface area contributed by atoms with Crippen LogP contribution in [0.3, 0.4) is 0 Å². The Kier molecular flexibility index (Phi) is 3.27. The molecule has 6 aromatic carbocycles. The van der Waals surface area contributed by atoms with E-state index in [1.807, 2.05) is 11.3 Å². The molecule has 4 heteroatoms. The zero-order valence-corrected chi connectivity index (χ0v) is 22.0. The van der Waals surface area contributed by atoms with E-state index in [2.05, 4.69) is 128 Å². The van der Waals surface area contributed by atoms with Crippen LogP contribution in [0.15, 0.2) is 115 Å². The molecular weight excluding hydrogens is 506 g/mol. The summed E-state index contributed by atoms with van der Waals surface area (Å²) in [5, 5.41) is 7.82. The molecule has 3 nitrogen and oxygen atoms in total. The molecule has 11 rings (SSSR count). The lowest BCUT2D eigenvalue weighted by molar-refractivity contribution is 1.25. The zero-order chi connectivity index (χ0) is 25.7. The van der Waals surface area contributed by atoms with Crippen LogP contribution in [-0.4, -0.2) is 13.2 Å². The number of hydrogen-bond donors (Lipinski definition) is 0. The lowest BCUT2D eigenvalue weighted by Crippen LogP contribution is -1.97. The van der Waals surface area contributed by atoms with Gasteiger partial charge in [-0.3, -0.25) is 0 Å². The Morgan fingerprint density at radius 2 is 0.775 bits per heavy atom. The molecule has 0 saturated heterocycles. The molecule has 0 bridgehead atoms. The number of fused-ring (bicyclic) bond motifs is 14. The summed E-state index contributed by atoms with van der Waals surface area (Å²) >= 11 is 1.88. The molecule has 11 aromatic rings. The topological polar surface area (TPSA) is 13.2 Å². The van der Waals surface area contributed by atoms with Gasteiger partial charge >= 0.3 is 0 Å². The maximum atomic E-state index is 2.57. The molecule has 40 heavy (non-hydrogen) atoms. The van der Waals surface area contributed by atoms with Crippen LogP contribution in [0.1, 0.15) is 0 Å². The number of aromatic nitrogens is 3. The molecule has 0 spiro atoms. The average molecular weight is 526 g/mol. The molecule has 0 fully saturated rings. The molecule has 0 radical (unpaired) electrons. The van der Waals surface area contributed by atoms with E-state index in [-0.39, 0.29) is 0 Å². The summed E-state index contributed by atoms with van der Waals surface area (Å²) in [6, 6.07) is 42.8. The number of hydrogen-bond acceptors (Lipinski definition) is 1. The molecule has 0 unspecified atom stereocenters. The molecule has 5 aromatic heterocycles. The molecule has 5 heterocycles. The maximum absolute atomic E-state index is 2.57. The minimum Gasteiger partial charge on any atom is -0.305 e. The standard InChI is InChI=1S/C36H19N3S/c1-2-12-26-20(8-1)21-9-5-15-29-32(21)37(26)28-14-6-10-22-24-18-19-25-23-11-7-17-31-34(23)38(27-13-3-4-16-30(27)40-31)35(25)36(24)39(29)33(22)28/h1-19H. The van der Waals surface area contributed by atoms with Gasteiger partial charge in [-0.05, 0) is 36.4 Å². The molecule has 0 aliphatic rings. The number of benzene rings is 6. The quantitative estimate of drug-likeness (QED) is 0.175. The first-order chi connectivity index (χ1) is 19.9. The van der Waals surface area contributed by atoms with Crippen molar-refractivity contribution in [2.24, 2.45) is 0 Å². The fraction of sp³-hybridized carbons (Fsp3) is 0. The van der Waals surface area contributed by atoms with Gasteiger partial charge < -0.3 is 13.2 Å². The first kappa shape index (κ1) is 19.9. The predicted octanol–water partition coefficient (Wildman–Crippen LogP) is 10.0. The van der Waals surface area contributed by atoms with Gasteiger partial charge in [-0.25, -0.2) is 0 Å². The van der Waals surface area contributed by atoms with Gasteiger partial charge in [0.1, 0.15) is 0 Å². The molecule has 0 atom stereocenters. The number of para-hydroxylation sites is 5.